The number of hydrogen-bond donors (Lipinski definition) is 1. The third kappa shape index (κ3) is 3.77. The number of anilines is 2. The Balaban J connectivity index is 1.71. The number of nitrogens with one attached hydrogen (secondary N) is 1. The molecule has 1 heterocycles. The van der Waals surface area contributed by atoms with Crippen LogP contribution in [0.15, 0.2) is 54.6 Å². The lowest BCUT2D eigenvalue weighted by atomic mass is 10.0. The molecule has 1 N–H and O–H groups in total. The normalized spacial score (nSPS) is 18.2. The van der Waals surface area contributed by atoms with Crippen LogP contribution >= 0.6 is 0 Å². The quantitative estimate of drug-likeness (QED) is 0.909. The van der Waals surface area contributed by atoms with Gasteiger partial charge in [-0.15, -0.1) is 0 Å². The van der Waals surface area contributed by atoms with E-state index in [9.17, 15) is 4.79 Å². The van der Waals surface area contributed by atoms with Crippen LogP contribution in [0.1, 0.15) is 23.7 Å². The Morgan fingerprint density at radius 3 is 2.71 bits per heavy atom. The molecule has 0 aliphatic carbocycles. The zero-order valence-corrected chi connectivity index (χ0v) is 14.2. The molecular weight excluding hydrogens is 300 g/mol. The van der Waals surface area contributed by atoms with Crippen molar-refractivity contribution in [3.63, 3.8) is 0 Å². The number of nitrogens with zero attached hydrogens (tertiary/aromatic N) is 1. The molecule has 1 fully saturated rings. The van der Waals surface area contributed by atoms with Gasteiger partial charge in [-0.2, -0.15) is 0 Å². The smallest absolute Gasteiger partial charge is 0.258 e. The largest absolute Gasteiger partial charge is 0.382 e. The van der Waals surface area contributed by atoms with Gasteiger partial charge in [-0.05, 0) is 43.7 Å². The predicted octanol–water partition coefficient (Wildman–Crippen LogP) is 3.80. The number of hydrogen-bond acceptors (Lipinski definition) is 3. The van der Waals surface area contributed by atoms with Gasteiger partial charge in [0, 0.05) is 42.6 Å². The molecule has 0 spiro atoms. The highest BCUT2D eigenvalue weighted by Gasteiger charge is 2.22. The van der Waals surface area contributed by atoms with Crippen molar-refractivity contribution in [1.82, 2.24) is 0 Å². The van der Waals surface area contributed by atoms with Crippen molar-refractivity contribution in [3.05, 3.63) is 60.2 Å². The first-order chi connectivity index (χ1) is 11.6. The van der Waals surface area contributed by atoms with E-state index in [1.165, 1.54) is 0 Å². The summed E-state index contributed by atoms with van der Waals surface area (Å²) in [6.45, 7) is 3.82. The van der Waals surface area contributed by atoms with E-state index in [0.717, 1.165) is 31.0 Å². The van der Waals surface area contributed by atoms with Gasteiger partial charge in [0.05, 0.1) is 6.61 Å². The topological polar surface area (TPSA) is 41.6 Å². The fraction of sp³-hybridized carbons (Fsp3) is 0.350. The van der Waals surface area contributed by atoms with Crippen LogP contribution < -0.4 is 10.2 Å². The molecule has 1 amide bonds. The maximum atomic E-state index is 12.7. The summed E-state index contributed by atoms with van der Waals surface area (Å²) in [5, 5.41) is 3.51. The Morgan fingerprint density at radius 1 is 1.21 bits per heavy atom. The first-order valence-electron chi connectivity index (χ1n) is 8.42. The zero-order chi connectivity index (χ0) is 16.9. The van der Waals surface area contributed by atoms with Gasteiger partial charge >= 0.3 is 0 Å². The fourth-order valence-electron chi connectivity index (χ4n) is 3.03. The van der Waals surface area contributed by atoms with Gasteiger partial charge in [0.1, 0.15) is 0 Å². The number of benzene rings is 2. The highest BCUT2D eigenvalue weighted by molar-refractivity contribution is 6.06. The number of para-hydroxylation sites is 1. The van der Waals surface area contributed by atoms with Crippen LogP contribution in [0.2, 0.25) is 0 Å². The summed E-state index contributed by atoms with van der Waals surface area (Å²) in [6.07, 6.45) is 1.09. The molecule has 0 aromatic heterocycles. The average molecular weight is 324 g/mol. The minimum Gasteiger partial charge on any atom is -0.382 e. The fourth-order valence-corrected chi connectivity index (χ4v) is 3.03. The summed E-state index contributed by atoms with van der Waals surface area (Å²) in [4.78, 5) is 14.4. The number of amides is 1. The van der Waals surface area contributed by atoms with Gasteiger partial charge in [0.25, 0.3) is 5.91 Å². The van der Waals surface area contributed by atoms with Crippen LogP contribution in [0, 0.1) is 5.92 Å². The first kappa shape index (κ1) is 16.5. The van der Waals surface area contributed by atoms with E-state index in [2.05, 4.69) is 12.2 Å². The average Bonchev–Trinajstić information content (AvgIpc) is 3.16. The highest BCUT2D eigenvalue weighted by Crippen LogP contribution is 2.22. The summed E-state index contributed by atoms with van der Waals surface area (Å²) >= 11 is 0. The van der Waals surface area contributed by atoms with Crippen molar-refractivity contribution in [2.24, 2.45) is 5.92 Å². The summed E-state index contributed by atoms with van der Waals surface area (Å²) < 4.78 is 5.46. The van der Waals surface area contributed by atoms with E-state index in [0.29, 0.717) is 17.5 Å². The van der Waals surface area contributed by atoms with Gasteiger partial charge in [-0.25, -0.2) is 0 Å². The van der Waals surface area contributed by atoms with E-state index in [4.69, 9.17) is 4.74 Å². The predicted molar refractivity (Wildman–Crippen MR) is 97.6 cm³/mol. The Kier molecular flexibility index (Phi) is 5.16. The van der Waals surface area contributed by atoms with Gasteiger partial charge < -0.3 is 15.0 Å². The Morgan fingerprint density at radius 2 is 2.00 bits per heavy atom. The molecular formula is C20H24N2O2. The van der Waals surface area contributed by atoms with Crippen LogP contribution in [-0.4, -0.2) is 32.2 Å². The Bertz CT molecular complexity index is 681. The summed E-state index contributed by atoms with van der Waals surface area (Å²) in [7, 11) is 1.80. The Hall–Kier alpha value is -2.33. The van der Waals surface area contributed by atoms with E-state index in [-0.39, 0.29) is 5.91 Å². The second-order valence-corrected chi connectivity index (χ2v) is 6.34. The van der Waals surface area contributed by atoms with Gasteiger partial charge in [-0.1, -0.05) is 24.3 Å². The summed E-state index contributed by atoms with van der Waals surface area (Å²) in [5.41, 5.74) is 2.54. The Labute approximate surface area is 143 Å². The molecule has 3 rings (SSSR count). The number of carbonyl (C=O) groups excluding carboxylic acids is 1. The van der Waals surface area contributed by atoms with Gasteiger partial charge in [-0.3, -0.25) is 4.79 Å². The summed E-state index contributed by atoms with van der Waals surface area (Å²) in [6, 6.07) is 17.7. The zero-order valence-electron chi connectivity index (χ0n) is 14.2. The van der Waals surface area contributed by atoms with Gasteiger partial charge in [0.15, 0.2) is 0 Å². The van der Waals surface area contributed by atoms with Crippen LogP contribution in [-0.2, 0) is 4.74 Å². The van der Waals surface area contributed by atoms with Gasteiger partial charge in [0.2, 0.25) is 0 Å². The molecule has 0 saturated carbocycles. The molecule has 2 aromatic carbocycles. The first-order valence-corrected chi connectivity index (χ1v) is 8.42. The van der Waals surface area contributed by atoms with Crippen molar-refractivity contribution >= 4 is 17.3 Å². The number of rotatable bonds is 5. The highest BCUT2D eigenvalue weighted by atomic mass is 16.5. The minimum atomic E-state index is -0.0123. The molecule has 1 aliphatic rings. The SMILES string of the molecule is CC(Nc1cccc(C(=O)N(C)c2ccccc2)c1)C1CCOC1. The summed E-state index contributed by atoms with van der Waals surface area (Å²) in [5.74, 6) is 0.512. The molecule has 1 aliphatic heterocycles. The molecule has 24 heavy (non-hydrogen) atoms. The van der Waals surface area contributed by atoms with Crippen molar-refractivity contribution < 1.29 is 9.53 Å². The van der Waals surface area contributed by atoms with Crippen molar-refractivity contribution in [3.8, 4) is 0 Å². The third-order valence-corrected chi connectivity index (χ3v) is 4.62. The van der Waals surface area contributed by atoms with Crippen molar-refractivity contribution in [1.29, 1.82) is 0 Å². The number of ether oxygens (including phenoxy) is 1. The van der Waals surface area contributed by atoms with Crippen LogP contribution in [0.25, 0.3) is 0 Å². The van der Waals surface area contributed by atoms with Crippen LogP contribution in [0.3, 0.4) is 0 Å². The lowest BCUT2D eigenvalue weighted by molar-refractivity contribution is 0.0993. The van der Waals surface area contributed by atoms with E-state index >= 15 is 0 Å². The second-order valence-electron chi connectivity index (χ2n) is 6.34. The molecule has 0 radical (unpaired) electrons. The standard InChI is InChI=1S/C20H24N2O2/c1-15(17-11-12-24-14-17)21-18-8-6-7-16(13-18)20(23)22(2)19-9-4-3-5-10-19/h3-10,13,15,17,21H,11-12,14H2,1-2H3. The molecule has 1 saturated heterocycles. The van der Waals surface area contributed by atoms with Crippen molar-refractivity contribution in [2.75, 3.05) is 30.5 Å². The molecule has 4 nitrogen and oxygen atoms in total. The molecule has 2 unspecified atom stereocenters. The van der Waals surface area contributed by atoms with E-state index in [1.54, 1.807) is 11.9 Å². The second kappa shape index (κ2) is 7.49. The van der Waals surface area contributed by atoms with Crippen LogP contribution in [0.5, 0.6) is 0 Å². The maximum Gasteiger partial charge on any atom is 0.258 e. The molecule has 126 valence electrons. The maximum absolute atomic E-state index is 12.7. The monoisotopic (exact) mass is 324 g/mol. The molecule has 2 aromatic rings. The lowest BCUT2D eigenvalue weighted by Gasteiger charge is -2.21. The molecule has 2 atom stereocenters. The minimum absolute atomic E-state index is 0.0123. The molecule has 0 bridgehead atoms. The lowest BCUT2D eigenvalue weighted by Crippen LogP contribution is -2.27. The third-order valence-electron chi connectivity index (χ3n) is 4.62. The molecule has 4 heteroatoms. The van der Waals surface area contributed by atoms with E-state index in [1.807, 2.05) is 54.6 Å². The van der Waals surface area contributed by atoms with Crippen LogP contribution in [0.4, 0.5) is 11.4 Å². The van der Waals surface area contributed by atoms with Crippen molar-refractivity contribution in [2.45, 2.75) is 19.4 Å². The van der Waals surface area contributed by atoms with E-state index < -0.39 is 0 Å². The number of carbonyl (C=O) groups is 1.